The molecule has 0 saturated heterocycles. The van der Waals surface area contributed by atoms with Crippen molar-refractivity contribution in [3.63, 3.8) is 0 Å². The Kier molecular flexibility index (Phi) is 8.55. The number of amides is 1. The van der Waals surface area contributed by atoms with Gasteiger partial charge in [-0.25, -0.2) is 16.8 Å². The average Bonchev–Trinajstić information content (AvgIpc) is 3.41. The van der Waals surface area contributed by atoms with Crippen molar-refractivity contribution in [2.45, 2.75) is 22.8 Å². The second kappa shape index (κ2) is 12.1. The highest BCUT2D eigenvalue weighted by molar-refractivity contribution is 7.92. The summed E-state index contributed by atoms with van der Waals surface area (Å²) in [5, 5.41) is 3.17. The van der Waals surface area contributed by atoms with Crippen LogP contribution in [0.15, 0.2) is 107 Å². The van der Waals surface area contributed by atoms with E-state index in [1.165, 1.54) is 64.2 Å². The van der Waals surface area contributed by atoms with E-state index in [1.54, 1.807) is 18.2 Å². The Labute approximate surface area is 250 Å². The Morgan fingerprint density at radius 1 is 0.905 bits per heavy atom. The number of benzene rings is 4. The van der Waals surface area contributed by atoms with Gasteiger partial charge in [0, 0.05) is 30.8 Å². The summed E-state index contributed by atoms with van der Waals surface area (Å²) in [4.78, 5) is 12.9. The molecule has 0 fully saturated rings. The summed E-state index contributed by atoms with van der Waals surface area (Å²) in [7, 11) is -6.01. The van der Waals surface area contributed by atoms with Crippen LogP contribution in [0.3, 0.4) is 0 Å². The van der Waals surface area contributed by atoms with Crippen molar-refractivity contribution in [3.05, 3.63) is 113 Å². The molecule has 1 amide bonds. The highest BCUT2D eigenvalue weighted by Crippen LogP contribution is 2.35. The lowest BCUT2D eigenvalue weighted by molar-refractivity contribution is -0.118. The summed E-state index contributed by atoms with van der Waals surface area (Å²) < 4.78 is 60.5. The summed E-state index contributed by atoms with van der Waals surface area (Å²) in [6.07, 6.45) is 0.549. The summed E-state index contributed by atoms with van der Waals surface area (Å²) in [5.74, 6) is -0.136. The first kappa shape index (κ1) is 29.6. The SMILES string of the molecule is CN(Cc1ccccc1)S(=O)(=O)c1ccc(OCC(=O)Nc2ccc3c(c2)N(S(=O)(=O)c2ccc(Cl)cc2)CC3)cc1. The fraction of sp³-hybridized carbons (Fsp3) is 0.167. The molecule has 0 aliphatic carbocycles. The summed E-state index contributed by atoms with van der Waals surface area (Å²) in [6, 6.07) is 26.2. The maximum absolute atomic E-state index is 13.2. The summed E-state index contributed by atoms with van der Waals surface area (Å²) >= 11 is 5.91. The molecule has 1 N–H and O–H groups in total. The van der Waals surface area contributed by atoms with Crippen LogP contribution in [0.1, 0.15) is 11.1 Å². The predicted octanol–water partition coefficient (Wildman–Crippen LogP) is 4.93. The number of ether oxygens (including phenoxy) is 1. The number of hydrogen-bond acceptors (Lipinski definition) is 6. The number of nitrogens with zero attached hydrogens (tertiary/aromatic N) is 2. The van der Waals surface area contributed by atoms with Crippen molar-refractivity contribution in [1.29, 1.82) is 0 Å². The molecule has 0 radical (unpaired) electrons. The van der Waals surface area contributed by atoms with E-state index in [1.807, 2.05) is 30.3 Å². The number of anilines is 2. The van der Waals surface area contributed by atoms with Gasteiger partial charge in [-0.2, -0.15) is 4.31 Å². The van der Waals surface area contributed by atoms with Gasteiger partial charge in [0.05, 0.1) is 15.5 Å². The van der Waals surface area contributed by atoms with E-state index in [0.29, 0.717) is 28.6 Å². The van der Waals surface area contributed by atoms with E-state index in [0.717, 1.165) is 11.1 Å². The molecule has 0 atom stereocenters. The molecule has 1 aliphatic rings. The zero-order chi connectivity index (χ0) is 29.9. The minimum atomic E-state index is -3.80. The summed E-state index contributed by atoms with van der Waals surface area (Å²) in [5.41, 5.74) is 2.64. The monoisotopic (exact) mass is 625 g/mol. The van der Waals surface area contributed by atoms with Crippen molar-refractivity contribution in [2.24, 2.45) is 0 Å². The fourth-order valence-corrected chi connectivity index (χ4v) is 7.35. The van der Waals surface area contributed by atoms with Gasteiger partial charge in [0.1, 0.15) is 5.75 Å². The van der Waals surface area contributed by atoms with Crippen LogP contribution in [0.25, 0.3) is 0 Å². The Hall–Kier alpha value is -3.90. The smallest absolute Gasteiger partial charge is 0.264 e. The molecule has 1 heterocycles. The molecule has 4 aromatic rings. The molecule has 218 valence electrons. The van der Waals surface area contributed by atoms with Gasteiger partial charge in [-0.05, 0) is 78.2 Å². The topological polar surface area (TPSA) is 113 Å². The van der Waals surface area contributed by atoms with E-state index >= 15 is 0 Å². The van der Waals surface area contributed by atoms with Crippen LogP contribution in [0.4, 0.5) is 11.4 Å². The number of sulfonamides is 2. The Morgan fingerprint density at radius 2 is 1.57 bits per heavy atom. The molecule has 0 unspecified atom stereocenters. The quantitative estimate of drug-likeness (QED) is 0.267. The highest BCUT2D eigenvalue weighted by atomic mass is 35.5. The van der Waals surface area contributed by atoms with E-state index in [9.17, 15) is 21.6 Å². The average molecular weight is 626 g/mol. The molecule has 1 aliphatic heterocycles. The number of fused-ring (bicyclic) bond motifs is 1. The van der Waals surface area contributed by atoms with E-state index in [4.69, 9.17) is 16.3 Å². The van der Waals surface area contributed by atoms with E-state index < -0.39 is 26.0 Å². The Morgan fingerprint density at radius 3 is 2.26 bits per heavy atom. The van der Waals surface area contributed by atoms with Crippen LogP contribution in [0.2, 0.25) is 5.02 Å². The standard InChI is InChI=1S/C30H28ClN3O6S2/c1-33(20-22-5-3-2-4-6-22)41(36,37)27-15-11-26(12-16-27)40-21-30(35)32-25-10-7-23-17-18-34(29(23)19-25)42(38,39)28-13-8-24(31)9-14-28/h2-16,19H,17-18,20-21H2,1H3,(H,32,35). The number of carbonyl (C=O) groups is 1. The van der Waals surface area contributed by atoms with Crippen LogP contribution in [-0.4, -0.2) is 47.2 Å². The van der Waals surface area contributed by atoms with Gasteiger partial charge in [-0.15, -0.1) is 0 Å². The molecular weight excluding hydrogens is 598 g/mol. The largest absolute Gasteiger partial charge is 0.484 e. The number of rotatable bonds is 10. The van der Waals surface area contributed by atoms with E-state index in [2.05, 4.69) is 5.32 Å². The summed E-state index contributed by atoms with van der Waals surface area (Å²) in [6.45, 7) is 0.188. The first-order valence-corrected chi connectivity index (χ1v) is 16.2. The fourth-order valence-electron chi connectivity index (χ4n) is 4.57. The minimum Gasteiger partial charge on any atom is -0.484 e. The van der Waals surface area contributed by atoms with Crippen LogP contribution in [-0.2, 0) is 37.8 Å². The van der Waals surface area contributed by atoms with Gasteiger partial charge in [-0.1, -0.05) is 48.0 Å². The first-order chi connectivity index (χ1) is 20.0. The van der Waals surface area contributed by atoms with Gasteiger partial charge in [-0.3, -0.25) is 9.10 Å². The normalized spacial score (nSPS) is 13.2. The zero-order valence-electron chi connectivity index (χ0n) is 22.6. The zero-order valence-corrected chi connectivity index (χ0v) is 25.0. The molecule has 9 nitrogen and oxygen atoms in total. The first-order valence-electron chi connectivity index (χ1n) is 13.0. The number of halogens is 1. The van der Waals surface area contributed by atoms with Gasteiger partial charge in [0.15, 0.2) is 6.61 Å². The van der Waals surface area contributed by atoms with Crippen molar-refractivity contribution >= 4 is 48.9 Å². The highest BCUT2D eigenvalue weighted by Gasteiger charge is 2.31. The van der Waals surface area contributed by atoms with Gasteiger partial charge < -0.3 is 10.1 Å². The van der Waals surface area contributed by atoms with Crippen LogP contribution in [0, 0.1) is 0 Å². The maximum atomic E-state index is 13.2. The molecule has 0 spiro atoms. The second-order valence-corrected chi connectivity index (χ2v) is 14.0. The second-order valence-electron chi connectivity index (χ2n) is 9.68. The lowest BCUT2D eigenvalue weighted by Crippen LogP contribution is -2.29. The van der Waals surface area contributed by atoms with Crippen LogP contribution >= 0.6 is 11.6 Å². The van der Waals surface area contributed by atoms with Crippen LogP contribution < -0.4 is 14.4 Å². The Balaban J connectivity index is 1.20. The third-order valence-corrected chi connectivity index (χ3v) is 10.7. The molecule has 0 aromatic heterocycles. The third kappa shape index (κ3) is 6.44. The molecule has 4 aromatic carbocycles. The predicted molar refractivity (Wildman–Crippen MR) is 162 cm³/mol. The van der Waals surface area contributed by atoms with Crippen molar-refractivity contribution in [3.8, 4) is 5.75 Å². The lowest BCUT2D eigenvalue weighted by atomic mass is 10.1. The van der Waals surface area contributed by atoms with Gasteiger partial charge in [0.2, 0.25) is 10.0 Å². The van der Waals surface area contributed by atoms with Crippen molar-refractivity contribution in [2.75, 3.05) is 29.8 Å². The van der Waals surface area contributed by atoms with Gasteiger partial charge >= 0.3 is 0 Å². The minimum absolute atomic E-state index is 0.106. The molecule has 12 heteroatoms. The molecule has 0 saturated carbocycles. The third-order valence-electron chi connectivity index (χ3n) is 6.77. The van der Waals surface area contributed by atoms with Gasteiger partial charge in [0.25, 0.3) is 15.9 Å². The van der Waals surface area contributed by atoms with Crippen LogP contribution in [0.5, 0.6) is 5.75 Å². The number of nitrogens with one attached hydrogen (secondary N) is 1. The van der Waals surface area contributed by atoms with Crippen molar-refractivity contribution in [1.82, 2.24) is 4.31 Å². The van der Waals surface area contributed by atoms with Crippen molar-refractivity contribution < 1.29 is 26.4 Å². The number of carbonyl (C=O) groups excluding carboxylic acids is 1. The Bertz CT molecular complexity index is 1800. The molecule has 5 rings (SSSR count). The molecule has 0 bridgehead atoms. The molecule has 42 heavy (non-hydrogen) atoms. The number of hydrogen-bond donors (Lipinski definition) is 1. The maximum Gasteiger partial charge on any atom is 0.264 e. The lowest BCUT2D eigenvalue weighted by Gasteiger charge is -2.20. The molecular formula is C30H28ClN3O6S2. The van der Waals surface area contributed by atoms with E-state index in [-0.39, 0.29) is 29.5 Å².